The van der Waals surface area contributed by atoms with Crippen molar-refractivity contribution in [3.8, 4) is 0 Å². The van der Waals surface area contributed by atoms with E-state index < -0.39 is 0 Å². The van der Waals surface area contributed by atoms with Gasteiger partial charge in [-0.05, 0) is 31.0 Å². The van der Waals surface area contributed by atoms with E-state index in [0.29, 0.717) is 12.5 Å². The minimum absolute atomic E-state index is 0.136. The number of carbonyl (C=O) groups is 1. The first-order valence-corrected chi connectivity index (χ1v) is 6.07. The highest BCUT2D eigenvalue weighted by Crippen LogP contribution is 2.34. The second-order valence-electron chi connectivity index (χ2n) is 4.56. The molecule has 1 unspecified atom stereocenters. The van der Waals surface area contributed by atoms with Crippen molar-refractivity contribution < 1.29 is 9.53 Å². The Morgan fingerprint density at radius 2 is 2.24 bits per heavy atom. The highest BCUT2D eigenvalue weighted by molar-refractivity contribution is 5.69. The molecule has 0 aliphatic heterocycles. The van der Waals surface area contributed by atoms with Gasteiger partial charge in [0.05, 0.1) is 13.5 Å². The smallest absolute Gasteiger partial charge is 0.306 e. The zero-order valence-electron chi connectivity index (χ0n) is 10.5. The maximum atomic E-state index is 11.1. The number of hydrogen-bond acceptors (Lipinski definition) is 3. The quantitative estimate of drug-likeness (QED) is 0.746. The standard InChI is InChI=1S/C14H19NO2/c1-15(10-9-14(16)17-2)13-8-7-11-5-3-4-6-12(11)13/h3-6,13H,7-10H2,1-2H3. The lowest BCUT2D eigenvalue weighted by molar-refractivity contribution is -0.141. The highest BCUT2D eigenvalue weighted by atomic mass is 16.5. The van der Waals surface area contributed by atoms with Crippen molar-refractivity contribution >= 4 is 5.97 Å². The molecule has 0 N–H and O–H groups in total. The van der Waals surface area contributed by atoms with Crippen LogP contribution in [0.1, 0.15) is 30.0 Å². The van der Waals surface area contributed by atoms with Crippen molar-refractivity contribution in [2.75, 3.05) is 20.7 Å². The van der Waals surface area contributed by atoms with Gasteiger partial charge < -0.3 is 4.74 Å². The van der Waals surface area contributed by atoms with Gasteiger partial charge in [0.15, 0.2) is 0 Å². The van der Waals surface area contributed by atoms with E-state index in [2.05, 4.69) is 40.9 Å². The molecule has 1 aliphatic carbocycles. The van der Waals surface area contributed by atoms with E-state index >= 15 is 0 Å². The van der Waals surface area contributed by atoms with E-state index in [0.717, 1.165) is 19.4 Å². The molecule has 0 saturated heterocycles. The van der Waals surface area contributed by atoms with E-state index in [4.69, 9.17) is 0 Å². The topological polar surface area (TPSA) is 29.5 Å². The van der Waals surface area contributed by atoms with Gasteiger partial charge in [-0.15, -0.1) is 0 Å². The van der Waals surface area contributed by atoms with Crippen LogP contribution in [-0.4, -0.2) is 31.6 Å². The first-order chi connectivity index (χ1) is 8.22. The summed E-state index contributed by atoms with van der Waals surface area (Å²) in [5.41, 5.74) is 2.86. The molecule has 2 rings (SSSR count). The van der Waals surface area contributed by atoms with Crippen molar-refractivity contribution in [3.05, 3.63) is 35.4 Å². The molecular weight excluding hydrogens is 214 g/mol. The van der Waals surface area contributed by atoms with E-state index in [-0.39, 0.29) is 5.97 Å². The average Bonchev–Trinajstić information content (AvgIpc) is 2.79. The number of fused-ring (bicyclic) bond motifs is 1. The van der Waals surface area contributed by atoms with Crippen LogP contribution in [0.5, 0.6) is 0 Å². The van der Waals surface area contributed by atoms with Crippen molar-refractivity contribution in [3.63, 3.8) is 0 Å². The zero-order chi connectivity index (χ0) is 12.3. The first kappa shape index (κ1) is 12.1. The number of benzene rings is 1. The SMILES string of the molecule is COC(=O)CCN(C)C1CCc2ccccc21. The third-order valence-electron chi connectivity index (χ3n) is 3.53. The number of aryl methyl sites for hydroxylation is 1. The fourth-order valence-electron chi connectivity index (χ4n) is 2.52. The molecule has 3 nitrogen and oxygen atoms in total. The van der Waals surface area contributed by atoms with Crippen LogP contribution in [0.25, 0.3) is 0 Å². The van der Waals surface area contributed by atoms with E-state index in [9.17, 15) is 4.79 Å². The first-order valence-electron chi connectivity index (χ1n) is 6.07. The Bertz CT molecular complexity index is 403. The molecule has 1 atom stereocenters. The van der Waals surface area contributed by atoms with E-state index in [1.807, 2.05) is 0 Å². The maximum Gasteiger partial charge on any atom is 0.306 e. The van der Waals surface area contributed by atoms with Crippen LogP contribution in [0.2, 0.25) is 0 Å². The molecule has 0 aromatic heterocycles. The lowest BCUT2D eigenvalue weighted by Crippen LogP contribution is -2.26. The van der Waals surface area contributed by atoms with Gasteiger partial charge in [-0.2, -0.15) is 0 Å². The Kier molecular flexibility index (Phi) is 3.79. The van der Waals surface area contributed by atoms with Crippen LogP contribution in [-0.2, 0) is 16.0 Å². The predicted octanol–water partition coefficient (Wildman–Crippen LogP) is 2.17. The zero-order valence-corrected chi connectivity index (χ0v) is 10.5. The van der Waals surface area contributed by atoms with Crippen molar-refractivity contribution in [2.24, 2.45) is 0 Å². The van der Waals surface area contributed by atoms with Crippen LogP contribution >= 0.6 is 0 Å². The molecule has 1 aliphatic rings. The van der Waals surface area contributed by atoms with Crippen molar-refractivity contribution in [1.29, 1.82) is 0 Å². The molecule has 0 saturated carbocycles. The molecule has 0 heterocycles. The summed E-state index contributed by atoms with van der Waals surface area (Å²) in [6.07, 6.45) is 2.76. The molecule has 0 radical (unpaired) electrons. The lowest BCUT2D eigenvalue weighted by atomic mass is 10.1. The lowest BCUT2D eigenvalue weighted by Gasteiger charge is -2.24. The van der Waals surface area contributed by atoms with Crippen LogP contribution in [0.4, 0.5) is 0 Å². The Morgan fingerprint density at radius 1 is 1.47 bits per heavy atom. The average molecular weight is 233 g/mol. The van der Waals surface area contributed by atoms with Gasteiger partial charge in [0.2, 0.25) is 0 Å². The number of hydrogen-bond donors (Lipinski definition) is 0. The third-order valence-corrected chi connectivity index (χ3v) is 3.53. The molecule has 1 aromatic carbocycles. The van der Waals surface area contributed by atoms with E-state index in [1.54, 1.807) is 0 Å². The Morgan fingerprint density at radius 3 is 3.00 bits per heavy atom. The normalized spacial score (nSPS) is 18.2. The summed E-state index contributed by atoms with van der Waals surface area (Å²) in [5.74, 6) is -0.136. The van der Waals surface area contributed by atoms with E-state index in [1.165, 1.54) is 18.2 Å². The van der Waals surface area contributed by atoms with Gasteiger partial charge in [0.25, 0.3) is 0 Å². The van der Waals surface area contributed by atoms with Gasteiger partial charge in [0, 0.05) is 12.6 Å². The Balaban J connectivity index is 1.98. The molecule has 0 bridgehead atoms. The molecule has 3 heteroatoms. The minimum Gasteiger partial charge on any atom is -0.469 e. The van der Waals surface area contributed by atoms with Crippen LogP contribution in [0, 0.1) is 0 Å². The van der Waals surface area contributed by atoms with Gasteiger partial charge >= 0.3 is 5.97 Å². The summed E-state index contributed by atoms with van der Waals surface area (Å²) < 4.78 is 4.67. The summed E-state index contributed by atoms with van der Waals surface area (Å²) in [4.78, 5) is 13.4. The molecule has 17 heavy (non-hydrogen) atoms. The Hall–Kier alpha value is -1.35. The number of carbonyl (C=O) groups excluding carboxylic acids is 1. The highest BCUT2D eigenvalue weighted by Gasteiger charge is 2.25. The molecular formula is C14H19NO2. The number of esters is 1. The number of nitrogens with zero attached hydrogens (tertiary/aromatic N) is 1. The van der Waals surface area contributed by atoms with Gasteiger partial charge in [-0.25, -0.2) is 0 Å². The number of methoxy groups -OCH3 is 1. The summed E-state index contributed by atoms with van der Waals surface area (Å²) in [7, 11) is 3.52. The van der Waals surface area contributed by atoms with Crippen LogP contribution in [0.15, 0.2) is 24.3 Å². The monoisotopic (exact) mass is 233 g/mol. The van der Waals surface area contributed by atoms with Gasteiger partial charge in [-0.1, -0.05) is 24.3 Å². The molecule has 0 amide bonds. The summed E-state index contributed by atoms with van der Waals surface area (Å²) >= 11 is 0. The number of ether oxygens (including phenoxy) is 1. The molecule has 1 aromatic rings. The summed E-state index contributed by atoms with van der Waals surface area (Å²) in [6, 6.07) is 9.03. The van der Waals surface area contributed by atoms with Crippen LogP contribution < -0.4 is 0 Å². The minimum atomic E-state index is -0.136. The molecule has 0 fully saturated rings. The molecule has 92 valence electrons. The maximum absolute atomic E-state index is 11.1. The van der Waals surface area contributed by atoms with Gasteiger partial charge in [-0.3, -0.25) is 9.69 Å². The largest absolute Gasteiger partial charge is 0.469 e. The fourth-order valence-corrected chi connectivity index (χ4v) is 2.52. The van der Waals surface area contributed by atoms with Crippen molar-refractivity contribution in [1.82, 2.24) is 4.90 Å². The Labute approximate surface area is 102 Å². The summed E-state index contributed by atoms with van der Waals surface area (Å²) in [5, 5.41) is 0. The predicted molar refractivity (Wildman–Crippen MR) is 66.8 cm³/mol. The molecule has 0 spiro atoms. The second kappa shape index (κ2) is 5.32. The number of rotatable bonds is 4. The summed E-state index contributed by atoms with van der Waals surface area (Å²) in [6.45, 7) is 0.756. The van der Waals surface area contributed by atoms with Crippen LogP contribution in [0.3, 0.4) is 0 Å². The second-order valence-corrected chi connectivity index (χ2v) is 4.56. The third kappa shape index (κ3) is 2.67. The fraction of sp³-hybridized carbons (Fsp3) is 0.500. The van der Waals surface area contributed by atoms with Crippen molar-refractivity contribution in [2.45, 2.75) is 25.3 Å². The van der Waals surface area contributed by atoms with Gasteiger partial charge in [0.1, 0.15) is 0 Å².